The summed E-state index contributed by atoms with van der Waals surface area (Å²) in [7, 11) is 0. The quantitative estimate of drug-likeness (QED) is 0.868. The van der Waals surface area contributed by atoms with E-state index in [1.807, 2.05) is 6.26 Å². The molecule has 6 nitrogen and oxygen atoms in total. The Bertz CT molecular complexity index is 649. The van der Waals surface area contributed by atoms with Gasteiger partial charge < -0.3 is 15.5 Å². The minimum absolute atomic E-state index is 0.0282. The Balaban J connectivity index is 1.78. The van der Waals surface area contributed by atoms with Crippen LogP contribution in [0, 0.1) is 0 Å². The zero-order valence-corrected chi connectivity index (χ0v) is 13.7. The summed E-state index contributed by atoms with van der Waals surface area (Å²) in [6.45, 7) is 0.468. The maximum absolute atomic E-state index is 12.7. The molecule has 0 aromatic heterocycles. The molecule has 2 heterocycles. The first-order chi connectivity index (χ1) is 11.1. The Morgan fingerprint density at radius 3 is 2.96 bits per heavy atom. The van der Waals surface area contributed by atoms with Crippen molar-refractivity contribution < 1.29 is 14.4 Å². The third-order valence-electron chi connectivity index (χ3n) is 4.22. The average molecular weight is 333 g/mol. The van der Waals surface area contributed by atoms with E-state index in [1.54, 1.807) is 29.2 Å². The van der Waals surface area contributed by atoms with Crippen molar-refractivity contribution in [2.75, 3.05) is 23.9 Å². The Kier molecular flexibility index (Phi) is 4.56. The molecule has 0 spiro atoms. The van der Waals surface area contributed by atoms with E-state index in [4.69, 9.17) is 0 Å². The molecule has 0 saturated carbocycles. The Labute approximate surface area is 139 Å². The molecular formula is C16H19N3O3S. The summed E-state index contributed by atoms with van der Waals surface area (Å²) in [6, 6.07) is 6.44. The molecule has 1 fully saturated rings. The second-order valence-electron chi connectivity index (χ2n) is 5.77. The van der Waals surface area contributed by atoms with Gasteiger partial charge in [0, 0.05) is 12.6 Å². The topological polar surface area (TPSA) is 78.5 Å². The van der Waals surface area contributed by atoms with Crippen LogP contribution in [0.4, 0.5) is 5.69 Å². The number of thioether (sulfide) groups is 1. The number of benzene rings is 1. The molecule has 23 heavy (non-hydrogen) atoms. The molecule has 0 aliphatic carbocycles. The number of para-hydroxylation sites is 1. The number of carbonyl (C=O) groups is 3. The fraction of sp³-hybridized carbons (Fsp3) is 0.438. The molecule has 3 rings (SSSR count). The number of nitrogens with one attached hydrogen (secondary N) is 2. The predicted molar refractivity (Wildman–Crippen MR) is 89.4 cm³/mol. The summed E-state index contributed by atoms with van der Waals surface area (Å²) in [5, 5.41) is 5.78. The van der Waals surface area contributed by atoms with Gasteiger partial charge in [-0.25, -0.2) is 0 Å². The molecule has 2 aliphatic heterocycles. The van der Waals surface area contributed by atoms with Crippen LogP contribution in [-0.2, 0) is 9.59 Å². The van der Waals surface area contributed by atoms with Crippen molar-refractivity contribution in [3.8, 4) is 0 Å². The summed E-state index contributed by atoms with van der Waals surface area (Å²) in [5.74, 6) is 0.0612. The number of rotatable bonds is 3. The summed E-state index contributed by atoms with van der Waals surface area (Å²) in [4.78, 5) is 38.6. The Hall–Kier alpha value is -2.02. The van der Waals surface area contributed by atoms with Crippen molar-refractivity contribution in [3.63, 3.8) is 0 Å². The van der Waals surface area contributed by atoms with E-state index >= 15 is 0 Å². The van der Waals surface area contributed by atoms with Gasteiger partial charge in [0.15, 0.2) is 0 Å². The highest BCUT2D eigenvalue weighted by Crippen LogP contribution is 2.28. The van der Waals surface area contributed by atoms with E-state index < -0.39 is 6.04 Å². The van der Waals surface area contributed by atoms with Crippen molar-refractivity contribution in [3.05, 3.63) is 29.8 Å². The molecule has 2 aliphatic rings. The number of amides is 3. The van der Waals surface area contributed by atoms with Crippen LogP contribution in [0.2, 0.25) is 0 Å². The fourth-order valence-corrected chi connectivity index (χ4v) is 3.48. The summed E-state index contributed by atoms with van der Waals surface area (Å²) >= 11 is 1.46. The molecule has 0 bridgehead atoms. The van der Waals surface area contributed by atoms with E-state index in [2.05, 4.69) is 10.6 Å². The number of hydrogen-bond acceptors (Lipinski definition) is 4. The summed E-state index contributed by atoms with van der Waals surface area (Å²) < 4.78 is 0. The maximum atomic E-state index is 12.7. The molecule has 2 atom stereocenters. The van der Waals surface area contributed by atoms with Crippen LogP contribution in [0.3, 0.4) is 0 Å². The normalized spacial score (nSPS) is 23.4. The van der Waals surface area contributed by atoms with Crippen LogP contribution < -0.4 is 10.6 Å². The van der Waals surface area contributed by atoms with Crippen LogP contribution >= 0.6 is 11.8 Å². The van der Waals surface area contributed by atoms with Gasteiger partial charge in [0.2, 0.25) is 11.8 Å². The van der Waals surface area contributed by atoms with E-state index in [0.717, 1.165) is 0 Å². The van der Waals surface area contributed by atoms with Crippen LogP contribution in [0.1, 0.15) is 23.2 Å². The van der Waals surface area contributed by atoms with E-state index in [9.17, 15) is 14.4 Å². The van der Waals surface area contributed by atoms with Crippen molar-refractivity contribution in [1.82, 2.24) is 10.2 Å². The number of piperidine rings is 1. The monoisotopic (exact) mass is 333 g/mol. The van der Waals surface area contributed by atoms with E-state index in [1.165, 1.54) is 11.8 Å². The molecule has 3 amide bonds. The lowest BCUT2D eigenvalue weighted by atomic mass is 9.96. The van der Waals surface area contributed by atoms with Crippen molar-refractivity contribution in [2.45, 2.75) is 24.9 Å². The molecule has 1 aromatic carbocycles. The Morgan fingerprint density at radius 2 is 2.17 bits per heavy atom. The molecular weight excluding hydrogens is 314 g/mol. The number of anilines is 1. The van der Waals surface area contributed by atoms with Crippen molar-refractivity contribution in [1.29, 1.82) is 0 Å². The van der Waals surface area contributed by atoms with E-state index in [-0.39, 0.29) is 23.8 Å². The molecule has 0 radical (unpaired) electrons. The zero-order chi connectivity index (χ0) is 16.4. The number of fused-ring (bicyclic) bond motifs is 2. The number of hydrogen-bond donors (Lipinski definition) is 2. The smallest absolute Gasteiger partial charge is 0.256 e. The SMILES string of the molecule is CSCC(=O)NC1CCN2C(=O)c3ccccc3NC(=O)C2C1. The lowest BCUT2D eigenvalue weighted by Gasteiger charge is -2.37. The standard InChI is InChI=1S/C16H19N3O3S/c1-23-9-14(20)17-10-6-7-19-13(8-10)15(21)18-12-5-3-2-4-11(12)16(19)22/h2-5,10,13H,6-9H2,1H3,(H,17,20)(H,18,21). The van der Waals surface area contributed by atoms with Crippen molar-refractivity contribution in [2.24, 2.45) is 0 Å². The Morgan fingerprint density at radius 1 is 1.39 bits per heavy atom. The van der Waals surface area contributed by atoms with Gasteiger partial charge >= 0.3 is 0 Å². The molecule has 7 heteroatoms. The van der Waals surface area contributed by atoms with Gasteiger partial charge in [-0.2, -0.15) is 11.8 Å². The highest BCUT2D eigenvalue weighted by atomic mass is 32.2. The van der Waals surface area contributed by atoms with E-state index in [0.29, 0.717) is 36.4 Å². The van der Waals surface area contributed by atoms with Gasteiger partial charge in [-0.3, -0.25) is 14.4 Å². The van der Waals surface area contributed by atoms with Gasteiger partial charge in [-0.1, -0.05) is 12.1 Å². The van der Waals surface area contributed by atoms with Crippen LogP contribution in [-0.4, -0.2) is 53.3 Å². The lowest BCUT2D eigenvalue weighted by Crippen LogP contribution is -2.55. The summed E-state index contributed by atoms with van der Waals surface area (Å²) in [6.07, 6.45) is 2.99. The third-order valence-corrected chi connectivity index (χ3v) is 4.77. The highest BCUT2D eigenvalue weighted by Gasteiger charge is 2.39. The molecule has 2 unspecified atom stereocenters. The van der Waals surface area contributed by atoms with Crippen LogP contribution in [0.15, 0.2) is 24.3 Å². The lowest BCUT2D eigenvalue weighted by molar-refractivity contribution is -0.123. The van der Waals surface area contributed by atoms with Gasteiger partial charge in [-0.15, -0.1) is 0 Å². The van der Waals surface area contributed by atoms with Gasteiger partial charge in [0.05, 0.1) is 17.0 Å². The fourth-order valence-electron chi connectivity index (χ4n) is 3.14. The molecule has 1 aromatic rings. The first-order valence-corrected chi connectivity index (χ1v) is 8.98. The van der Waals surface area contributed by atoms with Gasteiger partial charge in [0.1, 0.15) is 6.04 Å². The largest absolute Gasteiger partial charge is 0.352 e. The minimum atomic E-state index is -0.539. The predicted octanol–water partition coefficient (Wildman–Crippen LogP) is 1.09. The molecule has 1 saturated heterocycles. The maximum Gasteiger partial charge on any atom is 0.256 e. The zero-order valence-electron chi connectivity index (χ0n) is 12.9. The summed E-state index contributed by atoms with van der Waals surface area (Å²) in [5.41, 5.74) is 1.08. The first kappa shape index (κ1) is 15.9. The average Bonchev–Trinajstić information content (AvgIpc) is 2.64. The van der Waals surface area contributed by atoms with Crippen molar-refractivity contribution >= 4 is 35.2 Å². The van der Waals surface area contributed by atoms with Gasteiger partial charge in [0.25, 0.3) is 5.91 Å². The molecule has 2 N–H and O–H groups in total. The van der Waals surface area contributed by atoms with Crippen LogP contribution in [0.5, 0.6) is 0 Å². The second-order valence-corrected chi connectivity index (χ2v) is 6.64. The van der Waals surface area contributed by atoms with Crippen LogP contribution in [0.25, 0.3) is 0 Å². The molecule has 122 valence electrons. The minimum Gasteiger partial charge on any atom is -0.352 e. The third kappa shape index (κ3) is 3.19. The number of nitrogens with zero attached hydrogens (tertiary/aromatic N) is 1. The van der Waals surface area contributed by atoms with Gasteiger partial charge in [-0.05, 0) is 31.2 Å². The second kappa shape index (κ2) is 6.62. The highest BCUT2D eigenvalue weighted by molar-refractivity contribution is 7.99. The first-order valence-electron chi connectivity index (χ1n) is 7.59. The number of carbonyl (C=O) groups excluding carboxylic acids is 3.